The molecule has 2 nitrogen and oxygen atoms in total. The fourth-order valence-electron chi connectivity index (χ4n) is 5.05. The van der Waals surface area contributed by atoms with Gasteiger partial charge >= 0.3 is 16.5 Å². The molecule has 202 valence electrons. The maximum absolute atomic E-state index is 5.14. The van der Waals surface area contributed by atoms with Crippen LogP contribution in [-0.4, -0.2) is 12.4 Å². The van der Waals surface area contributed by atoms with Crippen molar-refractivity contribution < 1.29 is 16.5 Å². The van der Waals surface area contributed by atoms with Gasteiger partial charge < -0.3 is 14.9 Å². The molecule has 0 aromatic heterocycles. The number of benzene rings is 2. The molecule has 2 aromatic carbocycles. The third-order valence-corrected chi connectivity index (χ3v) is 7.10. The Morgan fingerprint density at radius 1 is 0.583 bits per heavy atom. The average Bonchev–Trinajstić information content (AvgIpc) is 3.22. The van der Waals surface area contributed by atoms with E-state index in [9.17, 15) is 0 Å². The van der Waals surface area contributed by atoms with E-state index in [1.165, 1.54) is 52.9 Å². The van der Waals surface area contributed by atoms with Crippen LogP contribution in [0.4, 0.5) is 11.4 Å². The molecule has 2 atom stereocenters. The number of nitrogens with zero attached hydrogens (tertiary/aromatic N) is 2. The van der Waals surface area contributed by atoms with Crippen molar-refractivity contribution in [3.63, 3.8) is 0 Å². The fraction of sp³-hybridized carbons (Fsp3) is 0.515. The van der Waals surface area contributed by atoms with E-state index in [1.54, 1.807) is 0 Å². The first-order valence-electron chi connectivity index (χ1n) is 13.0. The Bertz CT molecular complexity index is 853. The number of para-hydroxylation sites is 2. The molecule has 0 spiro atoms. The van der Waals surface area contributed by atoms with Gasteiger partial charge in [0, 0.05) is 24.3 Å². The molecule has 0 N–H and O–H groups in total. The van der Waals surface area contributed by atoms with Gasteiger partial charge in [0.2, 0.25) is 0 Å². The molecule has 1 aliphatic carbocycles. The van der Waals surface area contributed by atoms with Crippen molar-refractivity contribution in [1.82, 2.24) is 0 Å². The van der Waals surface area contributed by atoms with Crippen LogP contribution in [0.2, 0.25) is 0 Å². The maximum Gasteiger partial charge on any atom is 2.00 e. The minimum atomic E-state index is 0. The van der Waals surface area contributed by atoms with E-state index in [1.807, 2.05) is 0 Å². The zero-order chi connectivity index (χ0) is 24.1. The molecule has 0 bridgehead atoms. The van der Waals surface area contributed by atoms with Crippen LogP contribution in [0.3, 0.4) is 0 Å². The van der Waals surface area contributed by atoms with Crippen LogP contribution >= 0.6 is 0 Å². The van der Waals surface area contributed by atoms with Crippen LogP contribution in [0.1, 0.15) is 121 Å². The maximum atomic E-state index is 5.14. The number of hydrogen-bond acceptors (Lipinski definition) is 2. The largest absolute Gasteiger partial charge is 2.00 e. The van der Waals surface area contributed by atoms with E-state index >= 15 is 0 Å². The standard InChI is InChI=1S/C31H44N2.2CH3.Ni/c1-20(2)26-14-10-15-27(21(3)4)30(26)32-18-24-12-9-13-25(24)19-33-31-28(22(5)6)16-11-17-29(31)23(7)8;;;/h10-11,14-25H,9,12-13H2,1-8H3;2*1H3;/q;2*-1;+2. The van der Waals surface area contributed by atoms with Gasteiger partial charge in [-0.2, -0.15) is 0 Å². The second kappa shape index (κ2) is 15.5. The third kappa shape index (κ3) is 8.14. The second-order valence-corrected chi connectivity index (χ2v) is 11.0. The van der Waals surface area contributed by atoms with Crippen molar-refractivity contribution in [1.29, 1.82) is 0 Å². The summed E-state index contributed by atoms with van der Waals surface area (Å²) in [5.74, 6) is 2.81. The molecule has 36 heavy (non-hydrogen) atoms. The van der Waals surface area contributed by atoms with Crippen molar-refractivity contribution in [3.8, 4) is 0 Å². The average molecular weight is 533 g/mol. The smallest absolute Gasteiger partial charge is 0.358 e. The number of rotatable bonds is 8. The van der Waals surface area contributed by atoms with Crippen LogP contribution < -0.4 is 0 Å². The molecule has 1 fully saturated rings. The summed E-state index contributed by atoms with van der Waals surface area (Å²) in [4.78, 5) is 10.3. The van der Waals surface area contributed by atoms with E-state index < -0.39 is 0 Å². The molecular formula is C33H50N2Ni. The molecule has 2 unspecified atom stereocenters. The predicted molar refractivity (Wildman–Crippen MR) is 159 cm³/mol. The monoisotopic (exact) mass is 532 g/mol. The van der Waals surface area contributed by atoms with E-state index in [-0.39, 0.29) is 31.3 Å². The Morgan fingerprint density at radius 3 is 1.11 bits per heavy atom. The summed E-state index contributed by atoms with van der Waals surface area (Å²) in [7, 11) is 0. The Morgan fingerprint density at radius 2 is 0.861 bits per heavy atom. The van der Waals surface area contributed by atoms with Crippen molar-refractivity contribution in [3.05, 3.63) is 73.5 Å². The van der Waals surface area contributed by atoms with Gasteiger partial charge in [-0.25, -0.2) is 0 Å². The van der Waals surface area contributed by atoms with Crippen LogP contribution in [0.25, 0.3) is 0 Å². The van der Waals surface area contributed by atoms with E-state index in [2.05, 4.69) is 104 Å². The van der Waals surface area contributed by atoms with Crippen molar-refractivity contribution >= 4 is 23.8 Å². The molecule has 0 amide bonds. The first kappa shape index (κ1) is 34.3. The molecular weight excluding hydrogens is 483 g/mol. The van der Waals surface area contributed by atoms with Crippen LogP contribution in [0.15, 0.2) is 46.4 Å². The summed E-state index contributed by atoms with van der Waals surface area (Å²) in [6.45, 7) is 18.1. The summed E-state index contributed by atoms with van der Waals surface area (Å²) in [5.41, 5.74) is 7.80. The molecule has 2 aromatic rings. The molecule has 1 aliphatic rings. The fourth-order valence-corrected chi connectivity index (χ4v) is 5.05. The molecule has 0 radical (unpaired) electrons. The van der Waals surface area contributed by atoms with Gasteiger partial charge in [0.05, 0.1) is 11.4 Å². The van der Waals surface area contributed by atoms with Gasteiger partial charge in [-0.05, 0) is 58.8 Å². The minimum Gasteiger partial charge on any atom is -0.358 e. The third-order valence-electron chi connectivity index (χ3n) is 7.10. The SMILES string of the molecule is CC(C)c1cccc(C(C)C)c1N=CC1CCCC1C=Nc1c(C(C)C)cccc1C(C)C.[CH3-].[CH3-].[Ni+2]. The van der Waals surface area contributed by atoms with Crippen molar-refractivity contribution in [2.45, 2.75) is 98.3 Å². The molecule has 0 aliphatic heterocycles. The summed E-state index contributed by atoms with van der Waals surface area (Å²) in [6.07, 6.45) is 8.13. The molecule has 1 saturated carbocycles. The Labute approximate surface area is 233 Å². The Hall–Kier alpha value is -1.73. The zero-order valence-corrected chi connectivity index (χ0v) is 25.4. The quantitative estimate of drug-likeness (QED) is 0.183. The first-order chi connectivity index (χ1) is 15.7. The Balaban J connectivity index is 0.00000408. The van der Waals surface area contributed by atoms with E-state index in [0.717, 1.165) is 0 Å². The van der Waals surface area contributed by atoms with E-state index in [0.29, 0.717) is 35.5 Å². The van der Waals surface area contributed by atoms with Crippen molar-refractivity contribution in [2.24, 2.45) is 21.8 Å². The first-order valence-corrected chi connectivity index (χ1v) is 13.0. The summed E-state index contributed by atoms with van der Waals surface area (Å²) < 4.78 is 0. The number of hydrogen-bond donors (Lipinski definition) is 0. The van der Waals surface area contributed by atoms with Crippen molar-refractivity contribution in [2.75, 3.05) is 0 Å². The van der Waals surface area contributed by atoms with Gasteiger partial charge in [-0.3, -0.25) is 9.98 Å². The molecule has 0 heterocycles. The van der Waals surface area contributed by atoms with Gasteiger partial charge in [-0.15, -0.1) is 0 Å². The van der Waals surface area contributed by atoms with Gasteiger partial charge in [0.15, 0.2) is 0 Å². The van der Waals surface area contributed by atoms with Gasteiger partial charge in [-0.1, -0.05) is 98.2 Å². The molecule has 0 saturated heterocycles. The number of aliphatic imine (C=N–C) groups is 2. The van der Waals surface area contributed by atoms with Gasteiger partial charge in [0.25, 0.3) is 0 Å². The van der Waals surface area contributed by atoms with Crippen LogP contribution in [0, 0.1) is 26.7 Å². The summed E-state index contributed by atoms with van der Waals surface area (Å²) in [6, 6.07) is 13.3. The topological polar surface area (TPSA) is 24.7 Å². The van der Waals surface area contributed by atoms with Crippen LogP contribution in [-0.2, 0) is 16.5 Å². The normalized spacial score (nSPS) is 17.8. The molecule has 3 heteroatoms. The predicted octanol–water partition coefficient (Wildman–Crippen LogP) is 10.6. The zero-order valence-electron chi connectivity index (χ0n) is 24.4. The second-order valence-electron chi connectivity index (χ2n) is 11.0. The minimum absolute atomic E-state index is 0. The van der Waals surface area contributed by atoms with E-state index in [4.69, 9.17) is 9.98 Å². The van der Waals surface area contributed by atoms with Crippen LogP contribution in [0.5, 0.6) is 0 Å². The van der Waals surface area contributed by atoms with Gasteiger partial charge in [0.1, 0.15) is 0 Å². The Kier molecular flexibility index (Phi) is 14.8. The summed E-state index contributed by atoms with van der Waals surface area (Å²) in [5, 5.41) is 0. The molecule has 3 rings (SSSR count). The summed E-state index contributed by atoms with van der Waals surface area (Å²) >= 11 is 0.